The van der Waals surface area contributed by atoms with Crippen LogP contribution in [0.2, 0.25) is 5.02 Å². The number of rotatable bonds is 11. The molecule has 1 aromatic rings. The van der Waals surface area contributed by atoms with Gasteiger partial charge in [-0.25, -0.2) is 0 Å². The molecule has 2 bridgehead atoms. The van der Waals surface area contributed by atoms with E-state index in [0.29, 0.717) is 23.6 Å². The minimum Gasteiger partial charge on any atom is -0.465 e. The molecule has 3 heterocycles. The fourth-order valence-corrected chi connectivity index (χ4v) is 7.37. The van der Waals surface area contributed by atoms with Crippen LogP contribution in [0.25, 0.3) is 0 Å². The largest absolute Gasteiger partial charge is 0.465 e. The molecule has 8 nitrogen and oxygen atoms in total. The van der Waals surface area contributed by atoms with Crippen molar-refractivity contribution in [2.24, 2.45) is 17.8 Å². The Labute approximate surface area is 236 Å². The number of carbonyl (C=O) groups is 3. The summed E-state index contributed by atoms with van der Waals surface area (Å²) >= 11 is 10.1. The van der Waals surface area contributed by atoms with E-state index in [0.717, 1.165) is 0 Å². The molecular formula is C28H34BrClN2O6. The Morgan fingerprint density at radius 1 is 1.34 bits per heavy atom. The van der Waals surface area contributed by atoms with E-state index in [1.807, 2.05) is 13.8 Å². The summed E-state index contributed by atoms with van der Waals surface area (Å²) in [6.07, 6.45) is 3.43. The van der Waals surface area contributed by atoms with Gasteiger partial charge >= 0.3 is 5.97 Å². The number of amides is 2. The third kappa shape index (κ3) is 4.61. The first-order valence-electron chi connectivity index (χ1n) is 12.8. The SMILES string of the molecule is C=CCCOC(=O)[C@H]1[C@H]2C(=O)N([C@@H](CO)C(C)C)C(C(=O)N(CC=C)c3ccccc3Cl)C23CC(Br)[C@@H]1O3. The summed E-state index contributed by atoms with van der Waals surface area (Å²) in [6.45, 7) is 11.2. The summed E-state index contributed by atoms with van der Waals surface area (Å²) in [5.74, 6) is -3.30. The van der Waals surface area contributed by atoms with Crippen LogP contribution in [0.15, 0.2) is 49.6 Å². The van der Waals surface area contributed by atoms with E-state index < -0.39 is 47.5 Å². The van der Waals surface area contributed by atoms with Crippen LogP contribution in [0, 0.1) is 17.8 Å². The van der Waals surface area contributed by atoms with Crippen LogP contribution in [-0.4, -0.2) is 76.2 Å². The molecule has 7 atom stereocenters. The Morgan fingerprint density at radius 2 is 2.05 bits per heavy atom. The number of para-hydroxylation sites is 1. The summed E-state index contributed by atoms with van der Waals surface area (Å²) in [5.41, 5.74) is -0.808. The van der Waals surface area contributed by atoms with E-state index in [-0.39, 0.29) is 36.4 Å². The van der Waals surface area contributed by atoms with E-state index in [1.165, 1.54) is 9.80 Å². The van der Waals surface area contributed by atoms with Gasteiger partial charge in [-0.05, 0) is 30.9 Å². The number of carbonyl (C=O) groups excluding carboxylic acids is 3. The summed E-state index contributed by atoms with van der Waals surface area (Å²) in [7, 11) is 0. The summed E-state index contributed by atoms with van der Waals surface area (Å²) < 4.78 is 12.0. The van der Waals surface area contributed by atoms with Crippen LogP contribution >= 0.6 is 27.5 Å². The zero-order chi connectivity index (χ0) is 27.8. The molecule has 0 saturated carbocycles. The third-order valence-electron chi connectivity index (χ3n) is 7.83. The molecule has 3 unspecified atom stereocenters. The third-order valence-corrected chi connectivity index (χ3v) is 9.00. The van der Waals surface area contributed by atoms with Crippen LogP contribution in [0.5, 0.6) is 0 Å². The highest BCUT2D eigenvalue weighted by Crippen LogP contribution is 2.61. The molecule has 1 aromatic carbocycles. The van der Waals surface area contributed by atoms with Gasteiger partial charge < -0.3 is 24.4 Å². The van der Waals surface area contributed by atoms with Crippen LogP contribution in [0.1, 0.15) is 26.7 Å². The fraction of sp³-hybridized carbons (Fsp3) is 0.536. The van der Waals surface area contributed by atoms with Crippen LogP contribution in [0.4, 0.5) is 5.69 Å². The summed E-state index contributed by atoms with van der Waals surface area (Å²) in [4.78, 5) is 44.7. The van der Waals surface area contributed by atoms with Gasteiger partial charge in [0.1, 0.15) is 11.6 Å². The lowest BCUT2D eigenvalue weighted by Crippen LogP contribution is -2.60. The quantitative estimate of drug-likeness (QED) is 0.178. The number of hydrogen-bond acceptors (Lipinski definition) is 6. The monoisotopic (exact) mass is 608 g/mol. The maximum absolute atomic E-state index is 14.5. The molecule has 38 heavy (non-hydrogen) atoms. The fourth-order valence-electron chi connectivity index (χ4n) is 6.19. The van der Waals surface area contributed by atoms with Gasteiger partial charge in [-0.1, -0.05) is 65.7 Å². The normalized spacial score (nSPS) is 30.3. The Kier molecular flexibility index (Phi) is 8.71. The maximum Gasteiger partial charge on any atom is 0.312 e. The number of ether oxygens (including phenoxy) is 2. The second kappa shape index (κ2) is 11.5. The molecule has 3 aliphatic heterocycles. The van der Waals surface area contributed by atoms with Gasteiger partial charge in [-0.2, -0.15) is 0 Å². The number of likely N-dealkylation sites (tertiary alicyclic amines) is 1. The molecule has 10 heteroatoms. The molecule has 3 saturated heterocycles. The van der Waals surface area contributed by atoms with E-state index in [1.54, 1.807) is 36.4 Å². The Morgan fingerprint density at radius 3 is 2.66 bits per heavy atom. The van der Waals surface area contributed by atoms with Crippen molar-refractivity contribution in [3.05, 3.63) is 54.6 Å². The highest BCUT2D eigenvalue weighted by atomic mass is 79.9. The number of fused-ring (bicyclic) bond motifs is 1. The highest BCUT2D eigenvalue weighted by Gasteiger charge is 2.77. The lowest BCUT2D eigenvalue weighted by Gasteiger charge is -2.40. The number of nitrogens with zero attached hydrogens (tertiary/aromatic N) is 2. The van der Waals surface area contributed by atoms with Crippen molar-refractivity contribution in [1.82, 2.24) is 4.90 Å². The lowest BCUT2D eigenvalue weighted by atomic mass is 9.70. The zero-order valence-electron chi connectivity index (χ0n) is 21.6. The number of alkyl halides is 1. The van der Waals surface area contributed by atoms with Crippen molar-refractivity contribution in [3.8, 4) is 0 Å². The smallest absolute Gasteiger partial charge is 0.312 e. The number of aliphatic hydroxyl groups excluding tert-OH is 1. The van der Waals surface area contributed by atoms with Gasteiger partial charge in [0, 0.05) is 11.4 Å². The predicted octanol–water partition coefficient (Wildman–Crippen LogP) is 3.74. The average molecular weight is 610 g/mol. The van der Waals surface area contributed by atoms with Gasteiger partial charge in [-0.3, -0.25) is 14.4 Å². The topological polar surface area (TPSA) is 96.4 Å². The average Bonchev–Trinajstić information content (AvgIpc) is 3.47. The molecule has 2 amide bonds. The molecule has 4 rings (SSSR count). The summed E-state index contributed by atoms with van der Waals surface area (Å²) in [5, 5.41) is 10.7. The van der Waals surface area contributed by atoms with Crippen molar-refractivity contribution in [1.29, 1.82) is 0 Å². The van der Waals surface area contributed by atoms with E-state index in [2.05, 4.69) is 29.1 Å². The van der Waals surface area contributed by atoms with Crippen LogP contribution in [-0.2, 0) is 23.9 Å². The number of aliphatic hydroxyl groups is 1. The van der Waals surface area contributed by atoms with Crippen LogP contribution < -0.4 is 4.90 Å². The molecule has 0 radical (unpaired) electrons. The standard InChI is InChI=1S/C28H34BrClN2O6/c1-5-7-13-37-27(36)21-22-25(34)32(20(15-33)16(3)4)24(28(22)14-17(29)23(21)38-28)26(35)31(12-6-2)19-11-9-8-10-18(19)30/h5-6,8-11,16-17,20-24,33H,1-2,7,12-15H2,3-4H3/t17?,20-,21-,22-,23-,24?,28?/m0/s1. The van der Waals surface area contributed by atoms with E-state index >= 15 is 0 Å². The van der Waals surface area contributed by atoms with Crippen LogP contribution in [0.3, 0.4) is 0 Å². The zero-order valence-corrected chi connectivity index (χ0v) is 23.9. The highest BCUT2D eigenvalue weighted by molar-refractivity contribution is 9.09. The van der Waals surface area contributed by atoms with Crippen molar-refractivity contribution < 1.29 is 29.0 Å². The van der Waals surface area contributed by atoms with E-state index in [9.17, 15) is 19.5 Å². The number of benzene rings is 1. The van der Waals surface area contributed by atoms with Gasteiger partial charge in [-0.15, -0.1) is 13.2 Å². The molecule has 3 aliphatic rings. The molecule has 0 aliphatic carbocycles. The number of hydrogen-bond donors (Lipinski definition) is 1. The first kappa shape index (κ1) is 28.8. The van der Waals surface area contributed by atoms with Gasteiger partial charge in [0.2, 0.25) is 5.91 Å². The second-order valence-corrected chi connectivity index (χ2v) is 11.9. The lowest BCUT2D eigenvalue weighted by molar-refractivity contribution is -0.155. The Balaban J connectivity index is 1.83. The number of halogens is 2. The summed E-state index contributed by atoms with van der Waals surface area (Å²) in [6, 6.07) is 5.20. The van der Waals surface area contributed by atoms with Crippen molar-refractivity contribution in [2.75, 3.05) is 24.7 Å². The van der Waals surface area contributed by atoms with E-state index in [4.69, 9.17) is 21.1 Å². The van der Waals surface area contributed by atoms with Gasteiger partial charge in [0.25, 0.3) is 5.91 Å². The van der Waals surface area contributed by atoms with Gasteiger partial charge in [0.05, 0.1) is 47.9 Å². The minimum absolute atomic E-state index is 0.140. The Bertz CT molecular complexity index is 1110. The molecule has 3 fully saturated rings. The number of esters is 1. The van der Waals surface area contributed by atoms with Gasteiger partial charge in [0.15, 0.2) is 0 Å². The predicted molar refractivity (Wildman–Crippen MR) is 148 cm³/mol. The molecule has 1 spiro atoms. The minimum atomic E-state index is -1.28. The molecule has 206 valence electrons. The second-order valence-electron chi connectivity index (χ2n) is 10.3. The molecule has 1 N–H and O–H groups in total. The first-order chi connectivity index (χ1) is 18.1. The van der Waals surface area contributed by atoms with Crippen molar-refractivity contribution in [3.63, 3.8) is 0 Å². The number of anilines is 1. The first-order valence-corrected chi connectivity index (χ1v) is 14.1. The van der Waals surface area contributed by atoms with Crippen molar-refractivity contribution >= 4 is 51.0 Å². The Hall–Kier alpha value is -2.20. The van der Waals surface area contributed by atoms with Crippen molar-refractivity contribution in [2.45, 2.75) is 55.3 Å². The molecular weight excluding hydrogens is 576 g/mol. The molecule has 0 aromatic heterocycles. The maximum atomic E-state index is 14.5.